The van der Waals surface area contributed by atoms with Crippen LogP contribution < -0.4 is 5.32 Å². The summed E-state index contributed by atoms with van der Waals surface area (Å²) in [5.41, 5.74) is 0. The molecule has 1 saturated heterocycles. The average Bonchev–Trinajstić information content (AvgIpc) is 1.93. The highest BCUT2D eigenvalue weighted by Gasteiger charge is 2.22. The third kappa shape index (κ3) is 2.50. The second-order valence-corrected chi connectivity index (χ2v) is 3.21. The van der Waals surface area contributed by atoms with E-state index in [1.807, 2.05) is 0 Å². The Morgan fingerprint density at radius 1 is 1.82 bits per heavy atom. The Balaban J connectivity index is 2.36. The summed E-state index contributed by atoms with van der Waals surface area (Å²) in [6.07, 6.45) is 2.22. The molecule has 0 aromatic heterocycles. The van der Waals surface area contributed by atoms with Gasteiger partial charge in [-0.3, -0.25) is 4.79 Å². The molecule has 0 aromatic rings. The molecule has 1 aliphatic heterocycles. The number of aliphatic hydroxyl groups is 1. The quantitative estimate of drug-likeness (QED) is 0.605. The fraction of sp³-hybridized carbons (Fsp3) is 0.875. The van der Waals surface area contributed by atoms with E-state index in [4.69, 9.17) is 5.11 Å². The van der Waals surface area contributed by atoms with E-state index in [-0.39, 0.29) is 17.9 Å². The second-order valence-electron chi connectivity index (χ2n) is 3.21. The van der Waals surface area contributed by atoms with Gasteiger partial charge in [-0.05, 0) is 26.2 Å². The van der Waals surface area contributed by atoms with Crippen molar-refractivity contribution < 1.29 is 9.90 Å². The normalized spacial score (nSPS) is 27.8. The molecule has 3 nitrogen and oxygen atoms in total. The molecular weight excluding hydrogens is 142 g/mol. The topological polar surface area (TPSA) is 49.3 Å². The van der Waals surface area contributed by atoms with Crippen LogP contribution in [0.3, 0.4) is 0 Å². The number of carbonyl (C=O) groups excluding carboxylic acids is 1. The maximum atomic E-state index is 11.1. The van der Waals surface area contributed by atoms with Gasteiger partial charge >= 0.3 is 0 Å². The number of hydrogen-bond acceptors (Lipinski definition) is 2. The SMILES string of the molecule is CC(O)CC1CCCNC1=O. The third-order valence-corrected chi connectivity index (χ3v) is 2.03. The van der Waals surface area contributed by atoms with Crippen LogP contribution in [0.1, 0.15) is 26.2 Å². The Bertz CT molecular complexity index is 145. The zero-order valence-electron chi connectivity index (χ0n) is 6.84. The summed E-state index contributed by atoms with van der Waals surface area (Å²) in [7, 11) is 0. The lowest BCUT2D eigenvalue weighted by atomic mass is 9.93. The van der Waals surface area contributed by atoms with E-state index in [9.17, 15) is 4.79 Å². The highest BCUT2D eigenvalue weighted by Crippen LogP contribution is 2.16. The van der Waals surface area contributed by atoms with Gasteiger partial charge in [0, 0.05) is 12.5 Å². The molecule has 1 aliphatic rings. The number of hydrogen-bond donors (Lipinski definition) is 2. The van der Waals surface area contributed by atoms with E-state index in [0.29, 0.717) is 6.42 Å². The van der Waals surface area contributed by atoms with E-state index in [0.717, 1.165) is 19.4 Å². The lowest BCUT2D eigenvalue weighted by Gasteiger charge is -2.22. The van der Waals surface area contributed by atoms with Gasteiger partial charge in [-0.25, -0.2) is 0 Å². The number of nitrogens with one attached hydrogen (secondary N) is 1. The maximum absolute atomic E-state index is 11.1. The minimum Gasteiger partial charge on any atom is -0.393 e. The van der Waals surface area contributed by atoms with Gasteiger partial charge in [0.25, 0.3) is 0 Å². The fourth-order valence-corrected chi connectivity index (χ4v) is 1.47. The van der Waals surface area contributed by atoms with Crippen molar-refractivity contribution in [2.45, 2.75) is 32.3 Å². The van der Waals surface area contributed by atoms with Crippen LogP contribution in [-0.4, -0.2) is 23.7 Å². The predicted octanol–water partition coefficient (Wildman–Crippen LogP) is 0.283. The molecule has 0 spiro atoms. The van der Waals surface area contributed by atoms with Crippen molar-refractivity contribution in [1.82, 2.24) is 5.32 Å². The average molecular weight is 157 g/mol. The highest BCUT2D eigenvalue weighted by molar-refractivity contribution is 5.79. The highest BCUT2D eigenvalue weighted by atomic mass is 16.3. The molecule has 1 rings (SSSR count). The summed E-state index contributed by atoms with van der Waals surface area (Å²) in [5.74, 6) is 0.154. The summed E-state index contributed by atoms with van der Waals surface area (Å²) in [6, 6.07) is 0. The van der Waals surface area contributed by atoms with Crippen molar-refractivity contribution in [3.63, 3.8) is 0 Å². The standard InChI is InChI=1S/C8H15NO2/c1-6(10)5-7-3-2-4-9-8(7)11/h6-7,10H,2-5H2,1H3,(H,9,11). The van der Waals surface area contributed by atoms with Crippen molar-refractivity contribution in [1.29, 1.82) is 0 Å². The molecule has 11 heavy (non-hydrogen) atoms. The molecule has 0 bridgehead atoms. The lowest BCUT2D eigenvalue weighted by molar-refractivity contribution is -0.127. The summed E-state index contributed by atoms with van der Waals surface area (Å²) in [4.78, 5) is 11.1. The van der Waals surface area contributed by atoms with Crippen molar-refractivity contribution >= 4 is 5.91 Å². The van der Waals surface area contributed by atoms with Crippen molar-refractivity contribution in [2.24, 2.45) is 5.92 Å². The monoisotopic (exact) mass is 157 g/mol. The number of amides is 1. The van der Waals surface area contributed by atoms with Gasteiger partial charge in [0.1, 0.15) is 0 Å². The van der Waals surface area contributed by atoms with Crippen molar-refractivity contribution in [3.05, 3.63) is 0 Å². The molecule has 1 fully saturated rings. The van der Waals surface area contributed by atoms with E-state index in [1.54, 1.807) is 6.92 Å². The van der Waals surface area contributed by atoms with Crippen LogP contribution >= 0.6 is 0 Å². The molecule has 1 amide bonds. The lowest BCUT2D eigenvalue weighted by Crippen LogP contribution is -2.37. The molecule has 0 aromatic carbocycles. The molecule has 2 N–H and O–H groups in total. The summed E-state index contributed by atoms with van der Waals surface area (Å²) in [5, 5.41) is 11.8. The molecule has 0 saturated carbocycles. The molecular formula is C8H15NO2. The Morgan fingerprint density at radius 2 is 2.55 bits per heavy atom. The fourth-order valence-electron chi connectivity index (χ4n) is 1.47. The van der Waals surface area contributed by atoms with Gasteiger partial charge < -0.3 is 10.4 Å². The third-order valence-electron chi connectivity index (χ3n) is 2.03. The first-order valence-electron chi connectivity index (χ1n) is 4.16. The first-order chi connectivity index (χ1) is 5.20. The summed E-state index contributed by atoms with van der Waals surface area (Å²) >= 11 is 0. The van der Waals surface area contributed by atoms with Crippen LogP contribution in [0.15, 0.2) is 0 Å². The van der Waals surface area contributed by atoms with E-state index < -0.39 is 0 Å². The summed E-state index contributed by atoms with van der Waals surface area (Å²) in [6.45, 7) is 2.52. The van der Waals surface area contributed by atoms with Crippen LogP contribution in [0.5, 0.6) is 0 Å². The largest absolute Gasteiger partial charge is 0.393 e. The predicted molar refractivity (Wildman–Crippen MR) is 42.0 cm³/mol. The van der Waals surface area contributed by atoms with Gasteiger partial charge in [0.05, 0.1) is 6.10 Å². The second kappa shape index (κ2) is 3.72. The van der Waals surface area contributed by atoms with Crippen molar-refractivity contribution in [2.75, 3.05) is 6.54 Å². The molecule has 1 heterocycles. The van der Waals surface area contributed by atoms with Crippen molar-refractivity contribution in [3.8, 4) is 0 Å². The number of piperidine rings is 1. The number of rotatable bonds is 2. The zero-order valence-corrected chi connectivity index (χ0v) is 6.84. The molecule has 0 aliphatic carbocycles. The van der Waals surface area contributed by atoms with E-state index >= 15 is 0 Å². The number of carbonyl (C=O) groups is 1. The first kappa shape index (κ1) is 8.53. The zero-order chi connectivity index (χ0) is 8.27. The Morgan fingerprint density at radius 3 is 3.09 bits per heavy atom. The van der Waals surface area contributed by atoms with Crippen LogP contribution in [-0.2, 0) is 4.79 Å². The molecule has 2 unspecified atom stereocenters. The van der Waals surface area contributed by atoms with E-state index in [2.05, 4.69) is 5.32 Å². The van der Waals surface area contributed by atoms with Gasteiger partial charge in [0.2, 0.25) is 5.91 Å². The van der Waals surface area contributed by atoms with Crippen LogP contribution in [0.4, 0.5) is 0 Å². The smallest absolute Gasteiger partial charge is 0.223 e. The van der Waals surface area contributed by atoms with Crippen LogP contribution in [0.25, 0.3) is 0 Å². The van der Waals surface area contributed by atoms with E-state index in [1.165, 1.54) is 0 Å². The molecule has 2 atom stereocenters. The Hall–Kier alpha value is -0.570. The van der Waals surface area contributed by atoms with Gasteiger partial charge in [0.15, 0.2) is 0 Å². The molecule has 0 radical (unpaired) electrons. The van der Waals surface area contributed by atoms with Gasteiger partial charge in [-0.2, -0.15) is 0 Å². The first-order valence-corrected chi connectivity index (χ1v) is 4.16. The molecule has 64 valence electrons. The number of aliphatic hydroxyl groups excluding tert-OH is 1. The molecule has 3 heteroatoms. The Labute approximate surface area is 66.8 Å². The Kier molecular flexibility index (Phi) is 2.88. The van der Waals surface area contributed by atoms with Gasteiger partial charge in [-0.15, -0.1) is 0 Å². The minimum absolute atomic E-state index is 0.0451. The maximum Gasteiger partial charge on any atom is 0.223 e. The minimum atomic E-state index is -0.358. The summed E-state index contributed by atoms with van der Waals surface area (Å²) < 4.78 is 0. The van der Waals surface area contributed by atoms with Gasteiger partial charge in [-0.1, -0.05) is 0 Å². The van der Waals surface area contributed by atoms with Crippen LogP contribution in [0.2, 0.25) is 0 Å². The van der Waals surface area contributed by atoms with Crippen LogP contribution in [0, 0.1) is 5.92 Å².